The number of fused-ring (bicyclic) bond motifs is 11. The van der Waals surface area contributed by atoms with E-state index in [-0.39, 0.29) is 21.9 Å². The first kappa shape index (κ1) is 19.7. The van der Waals surface area contributed by atoms with Crippen molar-refractivity contribution >= 4 is 87.0 Å². The summed E-state index contributed by atoms with van der Waals surface area (Å²) in [6.07, 6.45) is 0. The van der Waals surface area contributed by atoms with Crippen LogP contribution in [0.4, 0.5) is 0 Å². The van der Waals surface area contributed by atoms with Gasteiger partial charge in [0.25, 0.3) is 0 Å². The maximum atomic E-state index is 9.64. The summed E-state index contributed by atoms with van der Waals surface area (Å²) in [5.41, 5.74) is 2.22. The highest BCUT2D eigenvalue weighted by Crippen LogP contribution is 2.46. The lowest BCUT2D eigenvalue weighted by Crippen LogP contribution is -1.91. The lowest BCUT2D eigenvalue weighted by molar-refractivity contribution is 0.663. The van der Waals surface area contributed by atoms with Crippen LogP contribution < -0.4 is 0 Å². The van der Waals surface area contributed by atoms with Gasteiger partial charge in [-0.2, -0.15) is 0 Å². The van der Waals surface area contributed by atoms with Gasteiger partial charge < -0.3 is 8.83 Å². The Hall–Kier alpha value is -7.94. The Kier molecular flexibility index (Phi) is 4.19. The minimum absolute atomic E-state index is 0.0355. The smallest absolute Gasteiger partial charge is 0.136 e. The number of hydrogen-bond acceptors (Lipinski definition) is 2. The molecule has 0 atom stereocenters. The van der Waals surface area contributed by atoms with Crippen LogP contribution in [0.15, 0.2) is 215 Å². The molecule has 278 valence electrons. The van der Waals surface area contributed by atoms with E-state index in [9.17, 15) is 11.0 Å². The van der Waals surface area contributed by atoms with Crippen molar-refractivity contribution < 1.29 is 34.9 Å². The maximum Gasteiger partial charge on any atom is 0.136 e. The molecule has 0 spiro atoms. The molecule has 0 saturated carbocycles. The van der Waals surface area contributed by atoms with Crippen molar-refractivity contribution in [2.75, 3.05) is 0 Å². The number of benzene rings is 11. The third-order valence-electron chi connectivity index (χ3n) is 11.3. The molecule has 2 nitrogen and oxygen atoms in total. The first-order valence-corrected chi connectivity index (χ1v) is 19.0. The monoisotopic (exact) mass is 781 g/mol. The van der Waals surface area contributed by atoms with Crippen LogP contribution in [0.5, 0.6) is 0 Å². The first-order valence-electron chi connectivity index (χ1n) is 28.5. The third-order valence-corrected chi connectivity index (χ3v) is 11.3. The van der Waals surface area contributed by atoms with Gasteiger partial charge in [-0.05, 0) is 124 Å². The van der Waals surface area contributed by atoms with Gasteiger partial charge in [0.15, 0.2) is 0 Å². The van der Waals surface area contributed by atoms with E-state index in [0.717, 1.165) is 49.2 Å². The third kappa shape index (κ3) is 4.88. The SMILES string of the molecule is [2H]c1c([2H])c(-c2c3c([2H])c([2H])c([2H])c([2H])c3c(-c3ccc4c(-c5ccc6c(c5)oc5ccc7oc8ccccc8c7c56)cccc4c3)c3c([2H])c([2H])c([2H])c([2H])c23)c([2H])c([2H])c1-c1c([2H])c([2H])c([2H])c2c([2H])c([2H])c([2H])c([2H])c12. The van der Waals surface area contributed by atoms with Crippen LogP contribution in [-0.4, -0.2) is 0 Å². The summed E-state index contributed by atoms with van der Waals surface area (Å²) in [5.74, 6) is 0. The molecule has 2 heteroatoms. The minimum Gasteiger partial charge on any atom is -0.456 e. The zero-order valence-corrected chi connectivity index (χ0v) is 31.0. The minimum atomic E-state index is -0.920. The molecular formula is C58H34O2. The van der Waals surface area contributed by atoms with Gasteiger partial charge in [-0.25, -0.2) is 0 Å². The molecule has 60 heavy (non-hydrogen) atoms. The normalized spacial score (nSPS) is 16.4. The fourth-order valence-electron chi connectivity index (χ4n) is 8.67. The largest absolute Gasteiger partial charge is 0.456 e. The Morgan fingerprint density at radius 2 is 0.883 bits per heavy atom. The van der Waals surface area contributed by atoms with Crippen molar-refractivity contribution in [2.45, 2.75) is 0 Å². The van der Waals surface area contributed by atoms with Crippen LogP contribution in [0.25, 0.3) is 131 Å². The quantitative estimate of drug-likeness (QED) is 0.166. The molecule has 0 bridgehead atoms. The van der Waals surface area contributed by atoms with E-state index in [1.54, 1.807) is 18.2 Å². The molecule has 13 rings (SSSR count). The second-order valence-corrected chi connectivity index (χ2v) is 14.5. The highest BCUT2D eigenvalue weighted by Gasteiger charge is 2.19. The average Bonchev–Trinajstić information content (AvgIpc) is 3.39. The van der Waals surface area contributed by atoms with Gasteiger partial charge in [-0.1, -0.05) is 169 Å². The second-order valence-electron chi connectivity index (χ2n) is 14.5. The summed E-state index contributed by atoms with van der Waals surface area (Å²) in [5, 5.41) is 2.77. The van der Waals surface area contributed by atoms with Crippen LogP contribution in [0, 0.1) is 0 Å². The number of furan rings is 2. The highest BCUT2D eigenvalue weighted by atomic mass is 16.3. The molecule has 0 amide bonds. The zero-order chi connectivity index (χ0) is 55.8. The summed E-state index contributed by atoms with van der Waals surface area (Å²) in [7, 11) is 0. The molecule has 0 aliphatic rings. The van der Waals surface area contributed by atoms with Crippen molar-refractivity contribution in [3.8, 4) is 44.5 Å². The molecule has 0 unspecified atom stereocenters. The van der Waals surface area contributed by atoms with Crippen LogP contribution >= 0.6 is 0 Å². The predicted molar refractivity (Wildman–Crippen MR) is 253 cm³/mol. The molecule has 0 fully saturated rings. The fourth-order valence-corrected chi connectivity index (χ4v) is 8.67. The molecule has 0 radical (unpaired) electrons. The van der Waals surface area contributed by atoms with Crippen LogP contribution in [0.3, 0.4) is 0 Å². The summed E-state index contributed by atoms with van der Waals surface area (Å²) >= 11 is 0. The standard InChI is InChI=1S/C58H34O2/c1-2-14-41-35(11-1)12-9-20-42(41)36-23-25-37(26-24-36)55-45-15-3-5-17-47(45)56(48-18-6-4-16-46(48)55)40-28-29-44-38(33-40)13-10-21-43(44)39-27-30-50-54(34-39)60-53-32-31-52-57(58(50)53)49-19-7-8-22-51(49)59-52/h1-34H/i1D,2D,3D,4D,5D,6D,9D,11D,12D,14D,15D,16D,17D,18D,20D,23D,24D,25D,26D. The van der Waals surface area contributed by atoms with Gasteiger partial charge in [-0.3, -0.25) is 0 Å². The van der Waals surface area contributed by atoms with Gasteiger partial charge in [0.2, 0.25) is 0 Å². The van der Waals surface area contributed by atoms with E-state index in [1.165, 1.54) is 0 Å². The number of rotatable bonds is 4. The predicted octanol–water partition coefficient (Wildman–Crippen LogP) is 16.8. The Morgan fingerprint density at radius 3 is 1.63 bits per heavy atom. The molecule has 2 heterocycles. The van der Waals surface area contributed by atoms with E-state index < -0.39 is 159 Å². The van der Waals surface area contributed by atoms with Crippen molar-refractivity contribution in [3.05, 3.63) is 206 Å². The van der Waals surface area contributed by atoms with Gasteiger partial charge in [0, 0.05) is 21.5 Å². The highest BCUT2D eigenvalue weighted by molar-refractivity contribution is 6.26. The maximum absolute atomic E-state index is 9.64. The topological polar surface area (TPSA) is 26.3 Å². The molecule has 0 aliphatic carbocycles. The van der Waals surface area contributed by atoms with Gasteiger partial charge in [-0.15, -0.1) is 0 Å². The molecule has 2 aromatic heterocycles. The summed E-state index contributed by atoms with van der Waals surface area (Å²) < 4.78 is 185. The number of hydrogen-bond donors (Lipinski definition) is 0. The molecule has 0 aliphatic heterocycles. The van der Waals surface area contributed by atoms with Crippen molar-refractivity contribution in [3.63, 3.8) is 0 Å². The van der Waals surface area contributed by atoms with E-state index >= 15 is 0 Å². The van der Waals surface area contributed by atoms with Crippen molar-refractivity contribution in [2.24, 2.45) is 0 Å². The van der Waals surface area contributed by atoms with Crippen molar-refractivity contribution in [1.82, 2.24) is 0 Å². The van der Waals surface area contributed by atoms with Gasteiger partial charge >= 0.3 is 0 Å². The van der Waals surface area contributed by atoms with E-state index in [2.05, 4.69) is 0 Å². The van der Waals surface area contributed by atoms with Gasteiger partial charge in [0.1, 0.15) is 22.3 Å². The summed E-state index contributed by atoms with van der Waals surface area (Å²) in [6.45, 7) is 0. The van der Waals surface area contributed by atoms with Gasteiger partial charge in [0.05, 0.1) is 26.0 Å². The Labute approximate surface area is 371 Å². The number of para-hydroxylation sites is 1. The lowest BCUT2D eigenvalue weighted by Gasteiger charge is -2.18. The zero-order valence-electron chi connectivity index (χ0n) is 50.0. The summed E-state index contributed by atoms with van der Waals surface area (Å²) in [6, 6.07) is 13.5. The van der Waals surface area contributed by atoms with Crippen LogP contribution in [0.1, 0.15) is 26.0 Å². The summed E-state index contributed by atoms with van der Waals surface area (Å²) in [4.78, 5) is 0. The Morgan fingerprint density at radius 1 is 0.300 bits per heavy atom. The Bertz CT molecular complexity index is 4900. The van der Waals surface area contributed by atoms with Crippen LogP contribution in [-0.2, 0) is 0 Å². The van der Waals surface area contributed by atoms with E-state index in [1.807, 2.05) is 72.8 Å². The van der Waals surface area contributed by atoms with E-state index in [4.69, 9.17) is 23.9 Å². The molecule has 0 N–H and O–H groups in total. The molecule has 11 aromatic carbocycles. The second kappa shape index (κ2) is 12.8. The van der Waals surface area contributed by atoms with Crippen molar-refractivity contribution in [1.29, 1.82) is 0 Å². The first-order chi connectivity index (χ1) is 37.7. The molecule has 0 saturated heterocycles. The van der Waals surface area contributed by atoms with Crippen LogP contribution in [0.2, 0.25) is 0 Å². The molecule has 13 aromatic rings. The molecular weight excluding hydrogens is 729 g/mol. The fraction of sp³-hybridized carbons (Fsp3) is 0. The Balaban J connectivity index is 1.08. The average molecular weight is 782 g/mol. The van der Waals surface area contributed by atoms with E-state index in [0.29, 0.717) is 16.6 Å². The lowest BCUT2D eigenvalue weighted by atomic mass is 9.85.